The van der Waals surface area contributed by atoms with Gasteiger partial charge in [-0.15, -0.1) is 0 Å². The molecule has 2 aromatic heterocycles. The fourth-order valence-electron chi connectivity index (χ4n) is 3.21. The lowest BCUT2D eigenvalue weighted by Crippen LogP contribution is -2.36. The van der Waals surface area contributed by atoms with Gasteiger partial charge in [-0.1, -0.05) is 13.8 Å². The summed E-state index contributed by atoms with van der Waals surface area (Å²) in [6.07, 6.45) is 2.46. The Morgan fingerprint density at radius 1 is 1.19 bits per heavy atom. The van der Waals surface area contributed by atoms with Crippen molar-refractivity contribution in [3.63, 3.8) is 0 Å². The maximum absolute atomic E-state index is 13.3. The summed E-state index contributed by atoms with van der Waals surface area (Å²) in [5.41, 5.74) is 0.421. The standard InChI is InChI=1S/C21H28BrN5O4.C4H8O2/c1-13-15(6-7-16(22)26-13)27(20(28)31-21(2,3)4)18-17(29-5)19(25-12-24-18)30-14-8-10-23-11-9-14;1-3(2)4(5)6/h6-7,12,14,23H,8-11H2,1-5H3;3H,1-2H3,(H,5,6). The van der Waals surface area contributed by atoms with Crippen LogP contribution in [0.2, 0.25) is 0 Å². The van der Waals surface area contributed by atoms with Crippen LogP contribution in [-0.2, 0) is 9.53 Å². The molecule has 11 nitrogen and oxygen atoms in total. The Bertz CT molecular complexity index is 1070. The van der Waals surface area contributed by atoms with E-state index >= 15 is 0 Å². The summed E-state index contributed by atoms with van der Waals surface area (Å²) in [5, 5.41) is 11.3. The summed E-state index contributed by atoms with van der Waals surface area (Å²) in [4.78, 5) is 37.3. The van der Waals surface area contributed by atoms with Gasteiger partial charge < -0.3 is 24.6 Å². The highest BCUT2D eigenvalue weighted by Crippen LogP contribution is 2.40. The highest BCUT2D eigenvalue weighted by molar-refractivity contribution is 9.10. The monoisotopic (exact) mass is 581 g/mol. The Balaban J connectivity index is 0.000000717. The predicted molar refractivity (Wildman–Crippen MR) is 143 cm³/mol. The van der Waals surface area contributed by atoms with Crippen LogP contribution in [0.1, 0.15) is 53.2 Å². The molecule has 0 unspecified atom stereocenters. The van der Waals surface area contributed by atoms with Crippen molar-refractivity contribution in [3.8, 4) is 11.6 Å². The molecule has 0 spiro atoms. The number of hydrogen-bond acceptors (Lipinski definition) is 9. The van der Waals surface area contributed by atoms with Crippen LogP contribution in [0.15, 0.2) is 23.1 Å². The average molecular weight is 582 g/mol. The van der Waals surface area contributed by atoms with Crippen molar-refractivity contribution in [3.05, 3.63) is 28.8 Å². The van der Waals surface area contributed by atoms with Gasteiger partial charge in [-0.05, 0) is 81.7 Å². The number of carboxylic acids is 1. The Morgan fingerprint density at radius 2 is 1.81 bits per heavy atom. The van der Waals surface area contributed by atoms with E-state index in [1.165, 1.54) is 18.3 Å². The van der Waals surface area contributed by atoms with E-state index in [1.54, 1.807) is 53.7 Å². The summed E-state index contributed by atoms with van der Waals surface area (Å²) >= 11 is 3.36. The molecule has 37 heavy (non-hydrogen) atoms. The molecule has 1 fully saturated rings. The number of carboxylic acid groups (broad SMARTS) is 1. The average Bonchev–Trinajstić information content (AvgIpc) is 2.81. The van der Waals surface area contributed by atoms with E-state index in [-0.39, 0.29) is 29.5 Å². The molecule has 1 aliphatic heterocycles. The molecule has 2 aromatic rings. The quantitative estimate of drug-likeness (QED) is 0.454. The molecular formula is C25H36BrN5O6. The van der Waals surface area contributed by atoms with Gasteiger partial charge >= 0.3 is 12.1 Å². The van der Waals surface area contributed by atoms with Gasteiger partial charge in [0.1, 0.15) is 22.6 Å². The van der Waals surface area contributed by atoms with E-state index in [4.69, 9.17) is 19.3 Å². The summed E-state index contributed by atoms with van der Waals surface area (Å²) in [6, 6.07) is 3.52. The van der Waals surface area contributed by atoms with Gasteiger partial charge in [0.15, 0.2) is 5.82 Å². The maximum Gasteiger partial charge on any atom is 0.420 e. The van der Waals surface area contributed by atoms with E-state index in [0.717, 1.165) is 25.9 Å². The minimum atomic E-state index is -0.741. The zero-order valence-electron chi connectivity index (χ0n) is 22.4. The van der Waals surface area contributed by atoms with Crippen LogP contribution in [0, 0.1) is 12.8 Å². The number of nitrogens with zero attached hydrogens (tertiary/aromatic N) is 4. The molecule has 3 rings (SSSR count). The first-order chi connectivity index (χ1) is 17.3. The number of amides is 1. The first-order valence-electron chi connectivity index (χ1n) is 12.0. The largest absolute Gasteiger partial charge is 0.489 e. The van der Waals surface area contributed by atoms with Crippen LogP contribution in [0.4, 0.5) is 16.3 Å². The van der Waals surface area contributed by atoms with E-state index in [9.17, 15) is 9.59 Å². The normalized spacial score (nSPS) is 13.9. The van der Waals surface area contributed by atoms with Crippen molar-refractivity contribution in [2.24, 2.45) is 5.92 Å². The van der Waals surface area contributed by atoms with E-state index in [1.807, 2.05) is 0 Å². The second kappa shape index (κ2) is 13.5. The lowest BCUT2D eigenvalue weighted by Gasteiger charge is -2.29. The maximum atomic E-state index is 13.3. The lowest BCUT2D eigenvalue weighted by atomic mass is 10.1. The number of pyridine rings is 1. The fraction of sp³-hybridized carbons (Fsp3) is 0.560. The Kier molecular flexibility index (Phi) is 11.1. The SMILES string of the molecule is CC(C)C(=O)O.COc1c(OC2CCNCC2)ncnc1N(C(=O)OC(C)(C)C)c1ccc(Br)nc1C. The smallest absolute Gasteiger partial charge is 0.420 e. The summed E-state index contributed by atoms with van der Waals surface area (Å²) < 4.78 is 18.1. The Morgan fingerprint density at radius 3 is 2.32 bits per heavy atom. The first kappa shape index (κ1) is 30.2. The van der Waals surface area contributed by atoms with Gasteiger partial charge in [-0.2, -0.15) is 4.98 Å². The van der Waals surface area contributed by atoms with Gasteiger partial charge in [-0.25, -0.2) is 19.7 Å². The molecule has 2 N–H and O–H groups in total. The number of aryl methyl sites for hydroxylation is 1. The van der Waals surface area contributed by atoms with Gasteiger partial charge in [0.25, 0.3) is 5.88 Å². The third-order valence-corrected chi connectivity index (χ3v) is 5.51. The van der Waals surface area contributed by atoms with Crippen molar-refractivity contribution < 1.29 is 28.9 Å². The van der Waals surface area contributed by atoms with Crippen LogP contribution < -0.4 is 19.7 Å². The number of aliphatic carboxylic acids is 1. The molecule has 12 heteroatoms. The number of carbonyl (C=O) groups excluding carboxylic acids is 1. The Hall–Kier alpha value is -2.99. The number of nitrogens with one attached hydrogen (secondary N) is 1. The van der Waals surface area contributed by atoms with Gasteiger partial charge in [0, 0.05) is 0 Å². The molecule has 0 aliphatic carbocycles. The van der Waals surface area contributed by atoms with Crippen LogP contribution in [-0.4, -0.2) is 64.0 Å². The summed E-state index contributed by atoms with van der Waals surface area (Å²) in [6.45, 7) is 12.2. The Labute approximate surface area is 226 Å². The molecule has 3 heterocycles. The second-order valence-electron chi connectivity index (χ2n) is 9.65. The number of ether oxygens (including phenoxy) is 3. The number of aromatic nitrogens is 3. The van der Waals surface area contributed by atoms with E-state index < -0.39 is 17.7 Å². The van der Waals surface area contributed by atoms with Crippen molar-refractivity contribution in [1.82, 2.24) is 20.3 Å². The van der Waals surface area contributed by atoms with Crippen molar-refractivity contribution >= 4 is 39.5 Å². The zero-order chi connectivity index (χ0) is 27.8. The van der Waals surface area contributed by atoms with Crippen LogP contribution >= 0.6 is 15.9 Å². The van der Waals surface area contributed by atoms with Crippen LogP contribution in [0.3, 0.4) is 0 Å². The lowest BCUT2D eigenvalue weighted by molar-refractivity contribution is -0.140. The van der Waals surface area contributed by atoms with Gasteiger partial charge in [0.2, 0.25) is 5.75 Å². The van der Waals surface area contributed by atoms with Crippen molar-refractivity contribution in [1.29, 1.82) is 0 Å². The number of halogens is 1. The molecule has 0 saturated carbocycles. The number of carbonyl (C=O) groups is 2. The number of anilines is 2. The zero-order valence-corrected chi connectivity index (χ0v) is 24.0. The molecule has 0 bridgehead atoms. The third-order valence-electron chi connectivity index (χ3n) is 5.07. The first-order valence-corrected chi connectivity index (χ1v) is 12.8. The summed E-state index contributed by atoms with van der Waals surface area (Å²) in [5.74, 6) is -0.201. The highest BCUT2D eigenvalue weighted by atomic mass is 79.9. The van der Waals surface area contributed by atoms with Crippen molar-refractivity contribution in [2.75, 3.05) is 25.1 Å². The van der Waals surface area contributed by atoms with E-state index in [0.29, 0.717) is 16.0 Å². The number of hydrogen-bond donors (Lipinski definition) is 2. The minimum Gasteiger partial charge on any atom is -0.489 e. The number of rotatable bonds is 6. The second-order valence-corrected chi connectivity index (χ2v) is 10.5. The van der Waals surface area contributed by atoms with E-state index in [2.05, 4.69) is 36.2 Å². The molecule has 1 saturated heterocycles. The molecule has 0 radical (unpaired) electrons. The number of piperidine rings is 1. The van der Waals surface area contributed by atoms with Gasteiger partial charge in [0.05, 0.1) is 24.4 Å². The minimum absolute atomic E-state index is 0.00367. The molecule has 0 aromatic carbocycles. The predicted octanol–water partition coefficient (Wildman–Crippen LogP) is 4.88. The van der Waals surface area contributed by atoms with Crippen molar-refractivity contribution in [2.45, 2.75) is 66.1 Å². The third kappa shape index (κ3) is 9.12. The number of methoxy groups -OCH3 is 1. The molecule has 204 valence electrons. The fourth-order valence-corrected chi connectivity index (χ4v) is 3.61. The highest BCUT2D eigenvalue weighted by Gasteiger charge is 2.32. The van der Waals surface area contributed by atoms with Gasteiger partial charge in [-0.3, -0.25) is 4.79 Å². The van der Waals surface area contributed by atoms with Crippen LogP contribution in [0.25, 0.3) is 0 Å². The van der Waals surface area contributed by atoms with Crippen LogP contribution in [0.5, 0.6) is 11.6 Å². The molecule has 0 atom stereocenters. The topological polar surface area (TPSA) is 136 Å². The molecule has 1 amide bonds. The summed E-state index contributed by atoms with van der Waals surface area (Å²) in [7, 11) is 1.50. The molecular weight excluding hydrogens is 546 g/mol. The molecule has 1 aliphatic rings.